The molecule has 0 aromatic heterocycles. The minimum absolute atomic E-state index is 0.0142. The van der Waals surface area contributed by atoms with Crippen LogP contribution in [0.5, 0.6) is 0 Å². The number of aliphatic hydroxyl groups excluding tert-OH is 1. The van der Waals surface area contributed by atoms with Crippen molar-refractivity contribution in [3.8, 4) is 0 Å². The van der Waals surface area contributed by atoms with Gasteiger partial charge in [0.25, 0.3) is 0 Å². The highest BCUT2D eigenvalue weighted by Crippen LogP contribution is 2.66. The molecule has 3 rings (SSSR count). The molecule has 5 heteroatoms. The van der Waals surface area contributed by atoms with E-state index >= 15 is 0 Å². The monoisotopic (exact) mass is 284 g/mol. The summed E-state index contributed by atoms with van der Waals surface area (Å²) >= 11 is 0. The third kappa shape index (κ3) is 1.69. The van der Waals surface area contributed by atoms with Gasteiger partial charge in [-0.25, -0.2) is 0 Å². The van der Waals surface area contributed by atoms with E-state index in [4.69, 9.17) is 14.2 Å². The molecular weight excluding hydrogens is 260 g/mol. The first kappa shape index (κ1) is 14.3. The van der Waals surface area contributed by atoms with E-state index in [1.807, 2.05) is 13.8 Å². The van der Waals surface area contributed by atoms with Gasteiger partial charge in [-0.05, 0) is 26.7 Å². The number of hydrogen-bond acceptors (Lipinski definition) is 5. The molecule has 0 spiro atoms. The SMILES string of the molecule is CC1(C)OC[C@H]([C@]23OC(=O)[C@H](CCO)[C@H]2CC3(C)C)O1. The first-order chi connectivity index (χ1) is 9.23. The van der Waals surface area contributed by atoms with Gasteiger partial charge in [0.15, 0.2) is 5.79 Å². The van der Waals surface area contributed by atoms with Crippen molar-refractivity contribution in [2.75, 3.05) is 13.2 Å². The van der Waals surface area contributed by atoms with Gasteiger partial charge in [0, 0.05) is 17.9 Å². The standard InChI is InChI=1S/C15H24O5/c1-13(2)7-10-9(5-6-16)12(17)20-15(10,13)11-8-18-14(3,4)19-11/h9-11,16H,5-8H2,1-4H3/t9-,10-,11-,15-/m1/s1. The summed E-state index contributed by atoms with van der Waals surface area (Å²) in [6.45, 7) is 8.46. The third-order valence-corrected chi connectivity index (χ3v) is 5.32. The van der Waals surface area contributed by atoms with Crippen LogP contribution in [0.1, 0.15) is 40.5 Å². The van der Waals surface area contributed by atoms with Crippen LogP contribution < -0.4 is 0 Å². The van der Waals surface area contributed by atoms with Crippen LogP contribution in [0.25, 0.3) is 0 Å². The molecule has 1 aliphatic carbocycles. The summed E-state index contributed by atoms with van der Waals surface area (Å²) in [6.07, 6.45) is 1.17. The molecule has 0 unspecified atom stereocenters. The molecule has 4 atom stereocenters. The van der Waals surface area contributed by atoms with Crippen LogP contribution in [0.2, 0.25) is 0 Å². The van der Waals surface area contributed by atoms with E-state index < -0.39 is 11.4 Å². The molecular formula is C15H24O5. The number of ether oxygens (including phenoxy) is 3. The van der Waals surface area contributed by atoms with Gasteiger partial charge >= 0.3 is 5.97 Å². The molecule has 1 N–H and O–H groups in total. The molecule has 0 aromatic rings. The largest absolute Gasteiger partial charge is 0.455 e. The maximum atomic E-state index is 12.2. The second-order valence-corrected chi connectivity index (χ2v) is 7.34. The zero-order valence-electron chi connectivity index (χ0n) is 12.6. The predicted octanol–water partition coefficient (Wildman–Crippen LogP) is 1.48. The molecule has 2 heterocycles. The maximum absolute atomic E-state index is 12.2. The van der Waals surface area contributed by atoms with Gasteiger partial charge in [-0.1, -0.05) is 13.8 Å². The van der Waals surface area contributed by atoms with Gasteiger partial charge in [-0.15, -0.1) is 0 Å². The topological polar surface area (TPSA) is 65.0 Å². The summed E-state index contributed by atoms with van der Waals surface area (Å²) in [4.78, 5) is 12.2. The Kier molecular flexibility index (Phi) is 2.99. The molecule has 2 saturated heterocycles. The van der Waals surface area contributed by atoms with Crippen molar-refractivity contribution in [1.29, 1.82) is 0 Å². The van der Waals surface area contributed by atoms with Crippen molar-refractivity contribution in [3.63, 3.8) is 0 Å². The van der Waals surface area contributed by atoms with Gasteiger partial charge < -0.3 is 19.3 Å². The maximum Gasteiger partial charge on any atom is 0.310 e. The van der Waals surface area contributed by atoms with Crippen molar-refractivity contribution < 1.29 is 24.1 Å². The highest BCUT2D eigenvalue weighted by molar-refractivity contribution is 5.77. The normalized spacial score (nSPS) is 44.9. The Hall–Kier alpha value is -0.650. The zero-order chi connectivity index (χ0) is 14.8. The van der Waals surface area contributed by atoms with Gasteiger partial charge in [0.05, 0.1) is 12.5 Å². The van der Waals surface area contributed by atoms with Gasteiger partial charge in [-0.2, -0.15) is 0 Å². The van der Waals surface area contributed by atoms with Crippen molar-refractivity contribution in [2.45, 2.75) is 58.0 Å². The lowest BCUT2D eigenvalue weighted by Crippen LogP contribution is -2.68. The lowest BCUT2D eigenvalue weighted by molar-refractivity contribution is -0.254. The van der Waals surface area contributed by atoms with Crippen LogP contribution in [0.15, 0.2) is 0 Å². The summed E-state index contributed by atoms with van der Waals surface area (Å²) < 4.78 is 17.5. The molecule has 2 aliphatic heterocycles. The highest BCUT2D eigenvalue weighted by atomic mass is 16.8. The zero-order valence-corrected chi connectivity index (χ0v) is 12.6. The minimum atomic E-state index is -0.628. The van der Waals surface area contributed by atoms with Gasteiger partial charge in [0.2, 0.25) is 0 Å². The van der Waals surface area contributed by atoms with Crippen LogP contribution in [0.3, 0.4) is 0 Å². The summed E-state index contributed by atoms with van der Waals surface area (Å²) in [5, 5.41) is 9.17. The quantitative estimate of drug-likeness (QED) is 0.795. The van der Waals surface area contributed by atoms with Gasteiger partial charge in [-0.3, -0.25) is 4.79 Å². The lowest BCUT2D eigenvalue weighted by Gasteiger charge is -2.59. The summed E-state index contributed by atoms with van der Waals surface area (Å²) in [7, 11) is 0. The van der Waals surface area contributed by atoms with Crippen molar-refractivity contribution in [3.05, 3.63) is 0 Å². The number of rotatable bonds is 3. The molecule has 0 bridgehead atoms. The van der Waals surface area contributed by atoms with E-state index in [1.54, 1.807) is 0 Å². The van der Waals surface area contributed by atoms with Crippen molar-refractivity contribution in [1.82, 2.24) is 0 Å². The number of hydrogen-bond donors (Lipinski definition) is 1. The van der Waals surface area contributed by atoms with E-state index in [0.717, 1.165) is 6.42 Å². The Morgan fingerprint density at radius 1 is 1.30 bits per heavy atom. The van der Waals surface area contributed by atoms with E-state index in [1.165, 1.54) is 0 Å². The van der Waals surface area contributed by atoms with E-state index in [2.05, 4.69) is 13.8 Å². The first-order valence-corrected chi connectivity index (χ1v) is 7.39. The Morgan fingerprint density at radius 2 is 2.00 bits per heavy atom. The molecule has 0 aromatic carbocycles. The van der Waals surface area contributed by atoms with Crippen LogP contribution >= 0.6 is 0 Å². The Bertz CT molecular complexity index is 430. The lowest BCUT2D eigenvalue weighted by atomic mass is 9.48. The van der Waals surface area contributed by atoms with Crippen molar-refractivity contribution in [2.24, 2.45) is 17.3 Å². The smallest absolute Gasteiger partial charge is 0.310 e. The van der Waals surface area contributed by atoms with E-state index in [0.29, 0.717) is 13.0 Å². The number of carbonyl (C=O) groups excluding carboxylic acids is 1. The molecule has 0 radical (unpaired) electrons. The van der Waals surface area contributed by atoms with Crippen molar-refractivity contribution >= 4 is 5.97 Å². The summed E-state index contributed by atoms with van der Waals surface area (Å²) in [5.74, 6) is -0.903. The summed E-state index contributed by atoms with van der Waals surface area (Å²) in [6, 6.07) is 0. The number of esters is 1. The fourth-order valence-corrected chi connectivity index (χ4v) is 4.39. The molecule has 3 fully saturated rings. The van der Waals surface area contributed by atoms with Crippen LogP contribution in [0.4, 0.5) is 0 Å². The van der Waals surface area contributed by atoms with Crippen LogP contribution in [-0.4, -0.2) is 41.8 Å². The minimum Gasteiger partial charge on any atom is -0.455 e. The Morgan fingerprint density at radius 3 is 2.50 bits per heavy atom. The molecule has 0 amide bonds. The molecule has 3 aliphatic rings. The number of carbonyl (C=O) groups is 1. The Labute approximate surface area is 119 Å². The second kappa shape index (κ2) is 4.18. The molecule has 5 nitrogen and oxygen atoms in total. The molecule has 20 heavy (non-hydrogen) atoms. The van der Waals surface area contributed by atoms with E-state index in [-0.39, 0.29) is 35.9 Å². The Balaban J connectivity index is 1.91. The average molecular weight is 284 g/mol. The summed E-state index contributed by atoms with van der Waals surface area (Å²) in [5.41, 5.74) is -0.719. The average Bonchev–Trinajstić information content (AvgIpc) is 2.80. The highest BCUT2D eigenvalue weighted by Gasteiger charge is 2.75. The van der Waals surface area contributed by atoms with Crippen LogP contribution in [0, 0.1) is 17.3 Å². The van der Waals surface area contributed by atoms with Gasteiger partial charge in [0.1, 0.15) is 11.7 Å². The predicted molar refractivity (Wildman–Crippen MR) is 70.8 cm³/mol. The van der Waals surface area contributed by atoms with Crippen LogP contribution in [-0.2, 0) is 19.0 Å². The fraction of sp³-hybridized carbons (Fsp3) is 0.933. The molecule has 114 valence electrons. The molecule has 1 saturated carbocycles. The third-order valence-electron chi connectivity index (χ3n) is 5.32. The fourth-order valence-electron chi connectivity index (χ4n) is 4.39. The van der Waals surface area contributed by atoms with E-state index in [9.17, 15) is 9.90 Å². The first-order valence-electron chi connectivity index (χ1n) is 7.39. The number of fused-ring (bicyclic) bond motifs is 1. The second-order valence-electron chi connectivity index (χ2n) is 7.34. The number of aliphatic hydroxyl groups is 1.